The van der Waals surface area contributed by atoms with Gasteiger partial charge in [-0.05, 0) is 42.5 Å². The van der Waals surface area contributed by atoms with Crippen LogP contribution in [0.3, 0.4) is 0 Å². The third-order valence-corrected chi connectivity index (χ3v) is 4.46. The average molecular weight is 399 g/mol. The van der Waals surface area contributed by atoms with E-state index in [4.69, 9.17) is 14.2 Å². The van der Waals surface area contributed by atoms with Crippen molar-refractivity contribution in [2.75, 3.05) is 20.8 Å². The van der Waals surface area contributed by atoms with E-state index in [0.717, 1.165) is 12.0 Å². The van der Waals surface area contributed by atoms with Crippen LogP contribution in [0.15, 0.2) is 42.5 Å². The van der Waals surface area contributed by atoms with Gasteiger partial charge in [0.25, 0.3) is 5.91 Å². The number of benzene rings is 2. The molecule has 0 saturated carbocycles. The smallest absolute Gasteiger partial charge is 0.342 e. The third-order valence-electron chi connectivity index (χ3n) is 4.46. The Morgan fingerprint density at radius 1 is 0.966 bits per heavy atom. The lowest BCUT2D eigenvalue weighted by Gasteiger charge is -2.16. The van der Waals surface area contributed by atoms with Gasteiger partial charge in [0.05, 0.1) is 20.3 Å². The standard InChI is InChI=1S/C23H29NO5/c1-15(2)13-17-9-11-18(12-10-17)16(3)24-21(25)14-29-23(26)19-7-6-8-20(27-4)22(19)28-5/h6-12,15-16H,13-14H2,1-5H3,(H,24,25)/t16-/m0/s1. The Bertz CT molecular complexity index is 830. The van der Waals surface area contributed by atoms with Gasteiger partial charge in [-0.25, -0.2) is 4.79 Å². The lowest BCUT2D eigenvalue weighted by Crippen LogP contribution is -2.31. The number of carbonyl (C=O) groups is 2. The molecule has 0 spiro atoms. The molecule has 29 heavy (non-hydrogen) atoms. The summed E-state index contributed by atoms with van der Waals surface area (Å²) in [6.45, 7) is 5.87. The zero-order valence-electron chi connectivity index (χ0n) is 17.7. The first-order valence-electron chi connectivity index (χ1n) is 9.62. The molecule has 2 aromatic carbocycles. The predicted molar refractivity (Wildman–Crippen MR) is 111 cm³/mol. The van der Waals surface area contributed by atoms with Crippen molar-refractivity contribution in [3.63, 3.8) is 0 Å². The highest BCUT2D eigenvalue weighted by Crippen LogP contribution is 2.31. The minimum absolute atomic E-state index is 0.194. The number of hydrogen-bond acceptors (Lipinski definition) is 5. The number of rotatable bonds is 9. The van der Waals surface area contributed by atoms with Crippen LogP contribution in [-0.4, -0.2) is 32.7 Å². The number of para-hydroxylation sites is 1. The van der Waals surface area contributed by atoms with Crippen molar-refractivity contribution in [2.24, 2.45) is 5.92 Å². The molecule has 1 amide bonds. The van der Waals surface area contributed by atoms with E-state index in [2.05, 4.69) is 31.3 Å². The second-order valence-electron chi connectivity index (χ2n) is 7.25. The maximum absolute atomic E-state index is 12.3. The number of nitrogens with one attached hydrogen (secondary N) is 1. The van der Waals surface area contributed by atoms with E-state index in [1.807, 2.05) is 19.1 Å². The van der Waals surface area contributed by atoms with Gasteiger partial charge in [-0.3, -0.25) is 4.79 Å². The van der Waals surface area contributed by atoms with Gasteiger partial charge in [-0.15, -0.1) is 0 Å². The summed E-state index contributed by atoms with van der Waals surface area (Å²) >= 11 is 0. The van der Waals surface area contributed by atoms with Crippen molar-refractivity contribution in [2.45, 2.75) is 33.2 Å². The fraction of sp³-hybridized carbons (Fsp3) is 0.391. The average Bonchev–Trinajstić information content (AvgIpc) is 2.71. The normalized spacial score (nSPS) is 11.7. The zero-order chi connectivity index (χ0) is 21.4. The van der Waals surface area contributed by atoms with Crippen molar-refractivity contribution in [3.8, 4) is 11.5 Å². The Morgan fingerprint density at radius 2 is 1.66 bits per heavy atom. The number of methoxy groups -OCH3 is 2. The Labute approximate surface area is 172 Å². The minimum Gasteiger partial charge on any atom is -0.493 e. The molecule has 0 radical (unpaired) electrons. The molecule has 6 heteroatoms. The number of hydrogen-bond donors (Lipinski definition) is 1. The first-order valence-corrected chi connectivity index (χ1v) is 9.62. The van der Waals surface area contributed by atoms with Gasteiger partial charge >= 0.3 is 5.97 Å². The van der Waals surface area contributed by atoms with Gasteiger partial charge in [-0.1, -0.05) is 44.2 Å². The van der Waals surface area contributed by atoms with Gasteiger partial charge in [0.2, 0.25) is 0 Å². The second-order valence-corrected chi connectivity index (χ2v) is 7.25. The van der Waals surface area contributed by atoms with Crippen LogP contribution in [0, 0.1) is 5.92 Å². The van der Waals surface area contributed by atoms with Crippen molar-refractivity contribution in [3.05, 3.63) is 59.2 Å². The predicted octanol–water partition coefficient (Wildman–Crippen LogP) is 3.94. The molecule has 0 aromatic heterocycles. The molecule has 0 aliphatic rings. The molecule has 2 rings (SSSR count). The molecule has 156 valence electrons. The van der Waals surface area contributed by atoms with Crippen LogP contribution in [0.4, 0.5) is 0 Å². The van der Waals surface area contributed by atoms with E-state index >= 15 is 0 Å². The zero-order valence-corrected chi connectivity index (χ0v) is 17.7. The molecule has 0 bridgehead atoms. The third kappa shape index (κ3) is 6.24. The van der Waals surface area contributed by atoms with Crippen LogP contribution >= 0.6 is 0 Å². The summed E-state index contributed by atoms with van der Waals surface area (Å²) in [5, 5.41) is 2.84. The summed E-state index contributed by atoms with van der Waals surface area (Å²) in [6, 6.07) is 12.9. The van der Waals surface area contributed by atoms with Crippen LogP contribution in [0.1, 0.15) is 48.3 Å². The molecule has 0 saturated heterocycles. The van der Waals surface area contributed by atoms with Gasteiger partial charge in [-0.2, -0.15) is 0 Å². The van der Waals surface area contributed by atoms with Gasteiger partial charge in [0.15, 0.2) is 18.1 Å². The molecular formula is C23H29NO5. The van der Waals surface area contributed by atoms with Crippen LogP contribution < -0.4 is 14.8 Å². The van der Waals surface area contributed by atoms with E-state index in [1.54, 1.807) is 18.2 Å². The monoisotopic (exact) mass is 399 g/mol. The summed E-state index contributed by atoms with van der Waals surface area (Å²) in [5.41, 5.74) is 2.46. The first kappa shape index (κ1) is 22.3. The summed E-state index contributed by atoms with van der Waals surface area (Å²) in [5.74, 6) is 0.257. The molecule has 0 aliphatic carbocycles. The number of esters is 1. The van der Waals surface area contributed by atoms with Crippen molar-refractivity contribution >= 4 is 11.9 Å². The van der Waals surface area contributed by atoms with Crippen LogP contribution in [-0.2, 0) is 16.0 Å². The lowest BCUT2D eigenvalue weighted by molar-refractivity contribution is -0.124. The summed E-state index contributed by atoms with van der Waals surface area (Å²) in [7, 11) is 2.92. The van der Waals surface area contributed by atoms with E-state index in [-0.39, 0.29) is 29.9 Å². The van der Waals surface area contributed by atoms with E-state index < -0.39 is 5.97 Å². The van der Waals surface area contributed by atoms with Crippen molar-refractivity contribution in [1.29, 1.82) is 0 Å². The molecule has 1 N–H and O–H groups in total. The Balaban J connectivity index is 1.92. The highest BCUT2D eigenvalue weighted by atomic mass is 16.5. The summed E-state index contributed by atoms with van der Waals surface area (Å²) in [6.07, 6.45) is 1.02. The first-order chi connectivity index (χ1) is 13.8. The van der Waals surface area contributed by atoms with Crippen molar-refractivity contribution < 1.29 is 23.8 Å². The maximum Gasteiger partial charge on any atom is 0.342 e. The number of amides is 1. The van der Waals surface area contributed by atoms with Gasteiger partial charge in [0.1, 0.15) is 5.56 Å². The fourth-order valence-electron chi connectivity index (χ4n) is 3.04. The second kappa shape index (κ2) is 10.5. The van der Waals surface area contributed by atoms with E-state index in [0.29, 0.717) is 11.7 Å². The summed E-state index contributed by atoms with van der Waals surface area (Å²) < 4.78 is 15.5. The van der Waals surface area contributed by atoms with Crippen LogP contribution in [0.25, 0.3) is 0 Å². The molecular weight excluding hydrogens is 370 g/mol. The van der Waals surface area contributed by atoms with Crippen LogP contribution in [0.2, 0.25) is 0 Å². The molecule has 6 nitrogen and oxygen atoms in total. The van der Waals surface area contributed by atoms with Crippen molar-refractivity contribution in [1.82, 2.24) is 5.32 Å². The largest absolute Gasteiger partial charge is 0.493 e. The SMILES string of the molecule is COc1cccc(C(=O)OCC(=O)N[C@@H](C)c2ccc(CC(C)C)cc2)c1OC. The molecule has 0 unspecified atom stereocenters. The fourth-order valence-corrected chi connectivity index (χ4v) is 3.04. The molecule has 0 heterocycles. The molecule has 2 aromatic rings. The number of ether oxygens (including phenoxy) is 3. The van der Waals surface area contributed by atoms with Gasteiger partial charge < -0.3 is 19.5 Å². The maximum atomic E-state index is 12.3. The topological polar surface area (TPSA) is 73.9 Å². The van der Waals surface area contributed by atoms with E-state index in [9.17, 15) is 9.59 Å². The van der Waals surface area contributed by atoms with E-state index in [1.165, 1.54) is 19.8 Å². The number of carbonyl (C=O) groups excluding carboxylic acids is 2. The Kier molecular flexibility index (Phi) is 8.07. The van der Waals surface area contributed by atoms with Gasteiger partial charge in [0, 0.05) is 0 Å². The summed E-state index contributed by atoms with van der Waals surface area (Å²) in [4.78, 5) is 24.5. The molecule has 0 aliphatic heterocycles. The quantitative estimate of drug-likeness (QED) is 0.647. The highest BCUT2D eigenvalue weighted by molar-refractivity contribution is 5.95. The Hall–Kier alpha value is -3.02. The molecule has 1 atom stereocenters. The molecule has 0 fully saturated rings. The minimum atomic E-state index is -0.651. The highest BCUT2D eigenvalue weighted by Gasteiger charge is 2.19. The lowest BCUT2D eigenvalue weighted by atomic mass is 10.00. The van der Waals surface area contributed by atoms with Crippen LogP contribution in [0.5, 0.6) is 11.5 Å². The Morgan fingerprint density at radius 3 is 2.24 bits per heavy atom.